The molecular formula is C15H24Cl2N2O. The molecule has 0 aliphatic rings. The molecular weight excluding hydrogens is 295 g/mol. The van der Waals surface area contributed by atoms with Gasteiger partial charge in [-0.1, -0.05) is 23.2 Å². The van der Waals surface area contributed by atoms with Crippen LogP contribution in [0.4, 0.5) is 0 Å². The molecule has 1 aromatic rings. The first kappa shape index (κ1) is 17.7. The summed E-state index contributed by atoms with van der Waals surface area (Å²) in [6.07, 6.45) is 0.970. The molecule has 0 fully saturated rings. The summed E-state index contributed by atoms with van der Waals surface area (Å²) < 4.78 is 0. The highest BCUT2D eigenvalue weighted by Crippen LogP contribution is 2.27. The number of hydrogen-bond donors (Lipinski definition) is 2. The van der Waals surface area contributed by atoms with E-state index in [9.17, 15) is 0 Å². The van der Waals surface area contributed by atoms with Gasteiger partial charge in [0.1, 0.15) is 0 Å². The zero-order chi connectivity index (χ0) is 15.2. The number of halogens is 2. The van der Waals surface area contributed by atoms with Crippen molar-refractivity contribution in [3.8, 4) is 0 Å². The van der Waals surface area contributed by atoms with Crippen molar-refractivity contribution in [2.75, 3.05) is 13.2 Å². The molecule has 0 aliphatic carbocycles. The Kier molecular flexibility index (Phi) is 7.27. The lowest BCUT2D eigenvalue weighted by molar-refractivity contribution is 0.0266. The highest BCUT2D eigenvalue weighted by atomic mass is 35.5. The topological polar surface area (TPSA) is 33.3 Å². The fourth-order valence-electron chi connectivity index (χ4n) is 1.90. The van der Waals surface area contributed by atoms with Crippen LogP contribution >= 0.6 is 23.2 Å². The molecule has 0 radical (unpaired) electrons. The SMILES string of the molecule is CCONC(C)CCNC(C)(C)c1cc(Cl)cc(Cl)c1. The normalized spacial score (nSPS) is 13.5. The third-order valence-electron chi connectivity index (χ3n) is 3.16. The van der Waals surface area contributed by atoms with E-state index in [-0.39, 0.29) is 5.54 Å². The number of hydrogen-bond acceptors (Lipinski definition) is 3. The van der Waals surface area contributed by atoms with Gasteiger partial charge in [-0.25, -0.2) is 0 Å². The second kappa shape index (κ2) is 8.20. The van der Waals surface area contributed by atoms with Crippen molar-refractivity contribution in [3.05, 3.63) is 33.8 Å². The van der Waals surface area contributed by atoms with E-state index in [0.29, 0.717) is 22.7 Å². The third-order valence-corrected chi connectivity index (χ3v) is 3.59. The second-order valence-electron chi connectivity index (χ2n) is 5.45. The van der Waals surface area contributed by atoms with Crippen LogP contribution in [0, 0.1) is 0 Å². The molecule has 1 atom stereocenters. The summed E-state index contributed by atoms with van der Waals surface area (Å²) in [5.41, 5.74) is 3.90. The third kappa shape index (κ3) is 5.98. The Labute approximate surface area is 131 Å². The van der Waals surface area contributed by atoms with E-state index in [1.165, 1.54) is 0 Å². The molecule has 1 unspecified atom stereocenters. The molecule has 1 rings (SSSR count). The molecule has 0 spiro atoms. The van der Waals surface area contributed by atoms with Gasteiger partial charge in [-0.15, -0.1) is 0 Å². The van der Waals surface area contributed by atoms with Gasteiger partial charge in [-0.2, -0.15) is 5.48 Å². The van der Waals surface area contributed by atoms with E-state index >= 15 is 0 Å². The lowest BCUT2D eigenvalue weighted by atomic mass is 9.94. The van der Waals surface area contributed by atoms with Gasteiger partial charge < -0.3 is 10.2 Å². The van der Waals surface area contributed by atoms with Crippen molar-refractivity contribution in [1.82, 2.24) is 10.8 Å². The van der Waals surface area contributed by atoms with E-state index in [0.717, 1.165) is 18.5 Å². The van der Waals surface area contributed by atoms with E-state index in [4.69, 9.17) is 28.0 Å². The van der Waals surface area contributed by atoms with Crippen molar-refractivity contribution in [2.24, 2.45) is 0 Å². The second-order valence-corrected chi connectivity index (χ2v) is 6.32. The minimum Gasteiger partial charge on any atom is -0.308 e. The predicted molar refractivity (Wildman–Crippen MR) is 86.3 cm³/mol. The van der Waals surface area contributed by atoms with Crippen LogP contribution in [0.2, 0.25) is 10.0 Å². The van der Waals surface area contributed by atoms with Gasteiger partial charge in [0.25, 0.3) is 0 Å². The summed E-state index contributed by atoms with van der Waals surface area (Å²) in [7, 11) is 0. The lowest BCUT2D eigenvalue weighted by Gasteiger charge is -2.28. The van der Waals surface area contributed by atoms with E-state index < -0.39 is 0 Å². The summed E-state index contributed by atoms with van der Waals surface area (Å²) >= 11 is 12.1. The molecule has 0 aromatic heterocycles. The zero-order valence-electron chi connectivity index (χ0n) is 12.6. The van der Waals surface area contributed by atoms with E-state index in [1.807, 2.05) is 19.1 Å². The minimum absolute atomic E-state index is 0.181. The Morgan fingerprint density at radius 3 is 2.35 bits per heavy atom. The molecule has 1 aromatic carbocycles. The number of benzene rings is 1. The fourth-order valence-corrected chi connectivity index (χ4v) is 2.43. The summed E-state index contributed by atoms with van der Waals surface area (Å²) in [5.74, 6) is 0. The van der Waals surface area contributed by atoms with Crippen LogP contribution in [0.3, 0.4) is 0 Å². The molecule has 0 saturated carbocycles. The molecule has 0 heterocycles. The highest BCUT2D eigenvalue weighted by molar-refractivity contribution is 6.34. The van der Waals surface area contributed by atoms with Crippen LogP contribution in [-0.4, -0.2) is 19.2 Å². The van der Waals surface area contributed by atoms with Crippen LogP contribution < -0.4 is 10.8 Å². The maximum Gasteiger partial charge on any atom is 0.0654 e. The average molecular weight is 319 g/mol. The standard InChI is InChI=1S/C15H24Cl2N2O/c1-5-20-19-11(2)6-7-18-15(3,4)12-8-13(16)10-14(17)9-12/h8-11,18-19H,5-7H2,1-4H3. The Morgan fingerprint density at radius 2 is 1.80 bits per heavy atom. The molecule has 0 bridgehead atoms. The van der Waals surface area contributed by atoms with Gasteiger partial charge >= 0.3 is 0 Å². The Bertz CT molecular complexity index is 404. The first-order valence-corrected chi connectivity index (χ1v) is 7.69. The van der Waals surface area contributed by atoms with Gasteiger partial charge in [0.15, 0.2) is 0 Å². The van der Waals surface area contributed by atoms with Crippen LogP contribution in [-0.2, 0) is 10.4 Å². The van der Waals surface area contributed by atoms with Crippen LogP contribution in [0.5, 0.6) is 0 Å². The maximum absolute atomic E-state index is 6.06. The number of rotatable bonds is 8. The van der Waals surface area contributed by atoms with Gasteiger partial charge in [-0.05, 0) is 64.4 Å². The predicted octanol–water partition coefficient (Wildman–Crippen LogP) is 4.14. The molecule has 20 heavy (non-hydrogen) atoms. The van der Waals surface area contributed by atoms with Crippen molar-refractivity contribution in [1.29, 1.82) is 0 Å². The molecule has 0 saturated heterocycles. The zero-order valence-corrected chi connectivity index (χ0v) is 14.1. The van der Waals surface area contributed by atoms with Gasteiger partial charge in [0, 0.05) is 21.6 Å². The molecule has 0 amide bonds. The van der Waals surface area contributed by atoms with E-state index in [1.54, 1.807) is 6.07 Å². The molecule has 5 heteroatoms. The first-order chi connectivity index (χ1) is 9.35. The first-order valence-electron chi connectivity index (χ1n) is 6.94. The molecule has 2 N–H and O–H groups in total. The minimum atomic E-state index is -0.181. The largest absolute Gasteiger partial charge is 0.308 e. The number of hydroxylamine groups is 1. The monoisotopic (exact) mass is 318 g/mol. The Balaban J connectivity index is 2.52. The van der Waals surface area contributed by atoms with Crippen molar-refractivity contribution < 1.29 is 4.84 Å². The van der Waals surface area contributed by atoms with Gasteiger partial charge in [-0.3, -0.25) is 0 Å². The van der Waals surface area contributed by atoms with E-state index in [2.05, 4.69) is 31.6 Å². The molecule has 114 valence electrons. The maximum atomic E-state index is 6.06. The fraction of sp³-hybridized carbons (Fsp3) is 0.600. The molecule has 3 nitrogen and oxygen atoms in total. The average Bonchev–Trinajstić information content (AvgIpc) is 2.35. The smallest absolute Gasteiger partial charge is 0.0654 e. The van der Waals surface area contributed by atoms with Crippen LogP contribution in [0.1, 0.15) is 39.7 Å². The number of nitrogens with one attached hydrogen (secondary N) is 2. The van der Waals surface area contributed by atoms with Crippen molar-refractivity contribution in [2.45, 2.75) is 45.7 Å². The quantitative estimate of drug-likeness (QED) is 0.707. The summed E-state index contributed by atoms with van der Waals surface area (Å²) in [4.78, 5) is 5.18. The summed E-state index contributed by atoms with van der Waals surface area (Å²) in [6, 6.07) is 5.95. The summed E-state index contributed by atoms with van der Waals surface area (Å²) in [6.45, 7) is 9.85. The van der Waals surface area contributed by atoms with Crippen LogP contribution in [0.15, 0.2) is 18.2 Å². The highest BCUT2D eigenvalue weighted by Gasteiger charge is 2.20. The lowest BCUT2D eigenvalue weighted by Crippen LogP contribution is -2.39. The summed E-state index contributed by atoms with van der Waals surface area (Å²) in [5, 5.41) is 4.85. The van der Waals surface area contributed by atoms with Crippen molar-refractivity contribution in [3.63, 3.8) is 0 Å². The Hall–Kier alpha value is -0.320. The van der Waals surface area contributed by atoms with Crippen molar-refractivity contribution >= 4 is 23.2 Å². The van der Waals surface area contributed by atoms with Gasteiger partial charge in [0.05, 0.1) is 6.61 Å². The van der Waals surface area contributed by atoms with Crippen LogP contribution in [0.25, 0.3) is 0 Å². The molecule has 0 aliphatic heterocycles. The van der Waals surface area contributed by atoms with Gasteiger partial charge in [0.2, 0.25) is 0 Å². The Morgan fingerprint density at radius 1 is 1.20 bits per heavy atom.